The Bertz CT molecular complexity index is 541. The Kier molecular flexibility index (Phi) is 5.27. The molecule has 20 heavy (non-hydrogen) atoms. The molecule has 0 saturated heterocycles. The number of rotatable bonds is 6. The first kappa shape index (κ1) is 14.7. The average Bonchev–Trinajstić information content (AvgIpc) is 2.45. The smallest absolute Gasteiger partial charge is 0.125 e. The number of benzene rings is 2. The van der Waals surface area contributed by atoms with Crippen LogP contribution in [0.15, 0.2) is 48.5 Å². The summed E-state index contributed by atoms with van der Waals surface area (Å²) in [7, 11) is 0. The zero-order chi connectivity index (χ0) is 14.4. The van der Waals surface area contributed by atoms with Gasteiger partial charge in [-0.05, 0) is 37.3 Å². The van der Waals surface area contributed by atoms with E-state index in [9.17, 15) is 5.11 Å². The molecule has 0 amide bonds. The van der Waals surface area contributed by atoms with E-state index in [4.69, 9.17) is 21.1 Å². The molecule has 106 valence electrons. The van der Waals surface area contributed by atoms with Crippen LogP contribution < -0.4 is 9.47 Å². The maximum absolute atomic E-state index is 9.69. The molecule has 0 aliphatic carbocycles. The second-order valence-electron chi connectivity index (χ2n) is 4.37. The average molecular weight is 293 g/mol. The maximum Gasteiger partial charge on any atom is 0.125 e. The fraction of sp³-hybridized carbons (Fsp3) is 0.250. The van der Waals surface area contributed by atoms with Crippen molar-refractivity contribution in [3.8, 4) is 11.5 Å². The topological polar surface area (TPSA) is 38.7 Å². The van der Waals surface area contributed by atoms with Gasteiger partial charge in [-0.15, -0.1) is 0 Å². The molecule has 0 bridgehead atoms. The number of aliphatic hydroxyl groups is 1. The van der Waals surface area contributed by atoms with Gasteiger partial charge in [0.05, 0.1) is 6.10 Å². The molecule has 2 aromatic carbocycles. The van der Waals surface area contributed by atoms with Gasteiger partial charge in [-0.3, -0.25) is 0 Å². The summed E-state index contributed by atoms with van der Waals surface area (Å²) >= 11 is 5.91. The van der Waals surface area contributed by atoms with Crippen LogP contribution in [0.1, 0.15) is 18.6 Å². The van der Waals surface area contributed by atoms with Gasteiger partial charge in [0.1, 0.15) is 24.7 Å². The van der Waals surface area contributed by atoms with E-state index in [2.05, 4.69) is 0 Å². The van der Waals surface area contributed by atoms with Crippen LogP contribution in [-0.4, -0.2) is 18.3 Å². The quantitative estimate of drug-likeness (QED) is 0.822. The lowest BCUT2D eigenvalue weighted by Gasteiger charge is -2.14. The van der Waals surface area contributed by atoms with Gasteiger partial charge in [-0.25, -0.2) is 0 Å². The van der Waals surface area contributed by atoms with Crippen LogP contribution in [0, 0.1) is 0 Å². The summed E-state index contributed by atoms with van der Waals surface area (Å²) in [5.74, 6) is 1.43. The Balaban J connectivity index is 1.88. The number of hydrogen-bond acceptors (Lipinski definition) is 3. The van der Waals surface area contributed by atoms with Crippen LogP contribution in [0.3, 0.4) is 0 Å². The van der Waals surface area contributed by atoms with Gasteiger partial charge in [0, 0.05) is 10.6 Å². The Hall–Kier alpha value is -1.71. The molecule has 0 fully saturated rings. The van der Waals surface area contributed by atoms with Gasteiger partial charge in [0.25, 0.3) is 0 Å². The van der Waals surface area contributed by atoms with E-state index >= 15 is 0 Å². The first-order valence-electron chi connectivity index (χ1n) is 6.45. The van der Waals surface area contributed by atoms with Crippen molar-refractivity contribution in [1.29, 1.82) is 0 Å². The monoisotopic (exact) mass is 292 g/mol. The molecule has 0 heterocycles. The van der Waals surface area contributed by atoms with Crippen LogP contribution in [0.25, 0.3) is 0 Å². The third-order valence-electron chi connectivity index (χ3n) is 2.77. The largest absolute Gasteiger partial charge is 0.490 e. The molecule has 0 saturated carbocycles. The van der Waals surface area contributed by atoms with E-state index in [1.165, 1.54) is 0 Å². The van der Waals surface area contributed by atoms with Gasteiger partial charge in [0.2, 0.25) is 0 Å². The zero-order valence-corrected chi connectivity index (χ0v) is 12.0. The fourth-order valence-corrected chi connectivity index (χ4v) is 1.99. The van der Waals surface area contributed by atoms with E-state index in [1.807, 2.05) is 30.3 Å². The highest BCUT2D eigenvalue weighted by molar-refractivity contribution is 6.30. The van der Waals surface area contributed by atoms with E-state index < -0.39 is 6.10 Å². The van der Waals surface area contributed by atoms with Crippen molar-refractivity contribution < 1.29 is 14.6 Å². The predicted octanol–water partition coefficient (Wildman–Crippen LogP) is 3.85. The van der Waals surface area contributed by atoms with E-state index in [-0.39, 0.29) is 0 Å². The van der Waals surface area contributed by atoms with Crippen LogP contribution >= 0.6 is 11.6 Å². The molecule has 4 heteroatoms. The van der Waals surface area contributed by atoms with Crippen molar-refractivity contribution in [2.45, 2.75) is 13.0 Å². The van der Waals surface area contributed by atoms with Gasteiger partial charge in [-0.2, -0.15) is 0 Å². The summed E-state index contributed by atoms with van der Waals surface area (Å²) < 4.78 is 11.2. The molecule has 2 aromatic rings. The highest BCUT2D eigenvalue weighted by Gasteiger charge is 2.09. The molecular formula is C16H17ClO3. The van der Waals surface area contributed by atoms with Crippen molar-refractivity contribution >= 4 is 11.6 Å². The lowest BCUT2D eigenvalue weighted by atomic mass is 10.1. The first-order valence-corrected chi connectivity index (χ1v) is 6.83. The number of hydrogen-bond donors (Lipinski definition) is 1. The summed E-state index contributed by atoms with van der Waals surface area (Å²) in [6.45, 7) is 2.52. The third kappa shape index (κ3) is 4.15. The first-order chi connectivity index (χ1) is 9.66. The minimum absolute atomic E-state index is 0.399. The molecular weight excluding hydrogens is 276 g/mol. The molecule has 0 aliphatic heterocycles. The lowest BCUT2D eigenvalue weighted by molar-refractivity contribution is 0.182. The van der Waals surface area contributed by atoms with Crippen molar-refractivity contribution in [2.75, 3.05) is 13.2 Å². The summed E-state index contributed by atoms with van der Waals surface area (Å²) in [4.78, 5) is 0. The minimum atomic E-state index is -0.626. The van der Waals surface area contributed by atoms with Gasteiger partial charge in [0.15, 0.2) is 0 Å². The number of para-hydroxylation sites is 1. The highest BCUT2D eigenvalue weighted by Crippen LogP contribution is 2.28. The summed E-state index contributed by atoms with van der Waals surface area (Å²) in [6.07, 6.45) is -0.626. The highest BCUT2D eigenvalue weighted by atomic mass is 35.5. The van der Waals surface area contributed by atoms with Crippen molar-refractivity contribution in [3.63, 3.8) is 0 Å². The standard InChI is InChI=1S/C16H17ClO3/c1-12(18)15-11-13(17)7-8-16(15)20-10-9-19-14-5-3-2-4-6-14/h2-8,11-12,18H,9-10H2,1H3. The van der Waals surface area contributed by atoms with Crippen LogP contribution in [0.4, 0.5) is 0 Å². The molecule has 0 aromatic heterocycles. The summed E-state index contributed by atoms with van der Waals surface area (Å²) in [5.41, 5.74) is 0.678. The zero-order valence-electron chi connectivity index (χ0n) is 11.3. The van der Waals surface area contributed by atoms with Gasteiger partial charge in [-0.1, -0.05) is 29.8 Å². The van der Waals surface area contributed by atoms with Gasteiger partial charge < -0.3 is 14.6 Å². The molecule has 2 rings (SSSR count). The summed E-state index contributed by atoms with van der Waals surface area (Å²) in [6, 6.07) is 14.8. The molecule has 0 aliphatic rings. The fourth-order valence-electron chi connectivity index (χ4n) is 1.81. The SMILES string of the molecule is CC(O)c1cc(Cl)ccc1OCCOc1ccccc1. The van der Waals surface area contributed by atoms with Crippen molar-refractivity contribution in [2.24, 2.45) is 0 Å². The Labute approximate surface area is 123 Å². The van der Waals surface area contributed by atoms with Crippen LogP contribution in [0.2, 0.25) is 5.02 Å². The van der Waals surface area contributed by atoms with E-state index in [0.717, 1.165) is 5.75 Å². The van der Waals surface area contributed by atoms with Crippen LogP contribution in [0.5, 0.6) is 11.5 Å². The molecule has 1 atom stereocenters. The second kappa shape index (κ2) is 7.17. The van der Waals surface area contributed by atoms with Crippen LogP contribution in [-0.2, 0) is 0 Å². The minimum Gasteiger partial charge on any atom is -0.490 e. The number of ether oxygens (including phenoxy) is 2. The third-order valence-corrected chi connectivity index (χ3v) is 3.01. The van der Waals surface area contributed by atoms with Gasteiger partial charge >= 0.3 is 0 Å². The Morgan fingerprint density at radius 2 is 1.75 bits per heavy atom. The van der Waals surface area contributed by atoms with Crippen molar-refractivity contribution in [3.05, 3.63) is 59.1 Å². The maximum atomic E-state index is 9.69. The Morgan fingerprint density at radius 1 is 1.05 bits per heavy atom. The Morgan fingerprint density at radius 3 is 2.45 bits per heavy atom. The number of aliphatic hydroxyl groups excluding tert-OH is 1. The number of halogens is 1. The molecule has 1 N–H and O–H groups in total. The normalized spacial score (nSPS) is 11.9. The molecule has 3 nitrogen and oxygen atoms in total. The van der Waals surface area contributed by atoms with E-state index in [0.29, 0.717) is 29.5 Å². The van der Waals surface area contributed by atoms with Crippen molar-refractivity contribution in [1.82, 2.24) is 0 Å². The molecule has 1 unspecified atom stereocenters. The second-order valence-corrected chi connectivity index (χ2v) is 4.80. The molecule has 0 spiro atoms. The lowest BCUT2D eigenvalue weighted by Crippen LogP contribution is -2.10. The van der Waals surface area contributed by atoms with E-state index in [1.54, 1.807) is 25.1 Å². The molecule has 0 radical (unpaired) electrons. The predicted molar refractivity (Wildman–Crippen MR) is 79.5 cm³/mol. The summed E-state index contributed by atoms with van der Waals surface area (Å²) in [5, 5.41) is 10.3.